The van der Waals surface area contributed by atoms with Gasteiger partial charge in [-0.2, -0.15) is 0 Å². The fourth-order valence-corrected chi connectivity index (χ4v) is 5.95. The lowest BCUT2D eigenvalue weighted by atomic mass is 9.83. The zero-order chi connectivity index (χ0) is 24.2. The Labute approximate surface area is 210 Å². The highest BCUT2D eigenvalue weighted by molar-refractivity contribution is 6.28. The van der Waals surface area contributed by atoms with E-state index in [1.807, 2.05) is 0 Å². The average Bonchev–Trinajstić information content (AvgIpc) is 2.90. The van der Waals surface area contributed by atoms with Gasteiger partial charge < -0.3 is 0 Å². The third-order valence-corrected chi connectivity index (χ3v) is 7.33. The first-order valence-electron chi connectivity index (χ1n) is 12.5. The van der Waals surface area contributed by atoms with Gasteiger partial charge in [-0.25, -0.2) is 0 Å². The molecule has 7 rings (SSSR count). The van der Waals surface area contributed by atoms with E-state index in [9.17, 15) is 0 Å². The zero-order valence-electron chi connectivity index (χ0n) is 20.4. The molecule has 1 nitrogen and oxygen atoms in total. The summed E-state index contributed by atoms with van der Waals surface area (Å²) >= 11 is 0. The number of aryl methyl sites for hydroxylation is 2. The van der Waals surface area contributed by atoms with Crippen LogP contribution in [-0.2, 0) is 0 Å². The molecular formula is C35H25N. The molecule has 36 heavy (non-hydrogen) atoms. The highest BCUT2D eigenvalue weighted by Crippen LogP contribution is 2.47. The van der Waals surface area contributed by atoms with Crippen molar-refractivity contribution in [3.63, 3.8) is 0 Å². The molecule has 0 aliphatic heterocycles. The average molecular weight is 460 g/mol. The van der Waals surface area contributed by atoms with Gasteiger partial charge in [0.05, 0.1) is 5.52 Å². The Morgan fingerprint density at radius 3 is 1.89 bits per heavy atom. The first-order chi connectivity index (χ1) is 17.7. The summed E-state index contributed by atoms with van der Waals surface area (Å²) in [7, 11) is 0. The SMILES string of the molecule is Cc1cc(C)cc(-c2c3ccccc3c(-c3cccc4ccccc34)c3c2cnc2ccccc23)c1. The van der Waals surface area contributed by atoms with Gasteiger partial charge in [0.2, 0.25) is 0 Å². The third-order valence-electron chi connectivity index (χ3n) is 7.33. The second-order valence-electron chi connectivity index (χ2n) is 9.76. The number of benzene rings is 6. The van der Waals surface area contributed by atoms with Crippen molar-refractivity contribution in [3.8, 4) is 22.3 Å². The molecule has 0 N–H and O–H groups in total. The van der Waals surface area contributed by atoms with E-state index < -0.39 is 0 Å². The molecular weight excluding hydrogens is 434 g/mol. The second kappa shape index (κ2) is 8.03. The van der Waals surface area contributed by atoms with Crippen LogP contribution in [0.25, 0.3) is 65.5 Å². The van der Waals surface area contributed by atoms with Crippen molar-refractivity contribution in [2.75, 3.05) is 0 Å². The van der Waals surface area contributed by atoms with Gasteiger partial charge in [-0.1, -0.05) is 114 Å². The second-order valence-corrected chi connectivity index (χ2v) is 9.76. The Bertz CT molecular complexity index is 1940. The zero-order valence-corrected chi connectivity index (χ0v) is 20.4. The monoisotopic (exact) mass is 459 g/mol. The Hall–Kier alpha value is -4.49. The van der Waals surface area contributed by atoms with E-state index >= 15 is 0 Å². The number of fused-ring (bicyclic) bond motifs is 5. The van der Waals surface area contributed by atoms with E-state index in [-0.39, 0.29) is 0 Å². The van der Waals surface area contributed by atoms with Crippen LogP contribution in [0.2, 0.25) is 0 Å². The largest absolute Gasteiger partial charge is 0.256 e. The first-order valence-corrected chi connectivity index (χ1v) is 12.5. The van der Waals surface area contributed by atoms with Crippen LogP contribution in [0.15, 0.2) is 115 Å². The maximum Gasteiger partial charge on any atom is 0.0708 e. The summed E-state index contributed by atoms with van der Waals surface area (Å²) in [4.78, 5) is 4.94. The summed E-state index contributed by atoms with van der Waals surface area (Å²) in [6.07, 6.45) is 2.09. The molecule has 0 aliphatic carbocycles. The molecule has 1 heterocycles. The molecule has 0 fully saturated rings. The number of para-hydroxylation sites is 1. The molecule has 0 atom stereocenters. The molecule has 0 unspecified atom stereocenters. The number of nitrogens with zero attached hydrogens (tertiary/aromatic N) is 1. The van der Waals surface area contributed by atoms with Gasteiger partial charge in [0.15, 0.2) is 0 Å². The lowest BCUT2D eigenvalue weighted by Crippen LogP contribution is -1.94. The van der Waals surface area contributed by atoms with Gasteiger partial charge in [0, 0.05) is 22.4 Å². The molecule has 0 saturated heterocycles. The molecule has 0 saturated carbocycles. The molecule has 1 heteroatoms. The van der Waals surface area contributed by atoms with Crippen molar-refractivity contribution in [3.05, 3.63) is 127 Å². The van der Waals surface area contributed by atoms with Crippen LogP contribution in [0.5, 0.6) is 0 Å². The highest BCUT2D eigenvalue weighted by atomic mass is 14.6. The van der Waals surface area contributed by atoms with E-state index in [1.165, 1.54) is 71.1 Å². The Kier molecular flexibility index (Phi) is 4.65. The Morgan fingerprint density at radius 1 is 0.500 bits per heavy atom. The third kappa shape index (κ3) is 3.13. The molecule has 7 aromatic rings. The number of hydrogen-bond donors (Lipinski definition) is 0. The van der Waals surface area contributed by atoms with Gasteiger partial charge in [-0.3, -0.25) is 4.98 Å². The highest BCUT2D eigenvalue weighted by Gasteiger charge is 2.20. The first kappa shape index (κ1) is 20.8. The van der Waals surface area contributed by atoms with E-state index in [1.54, 1.807) is 0 Å². The van der Waals surface area contributed by atoms with Crippen LogP contribution in [0.3, 0.4) is 0 Å². The fraction of sp³-hybridized carbons (Fsp3) is 0.0571. The minimum absolute atomic E-state index is 1.02. The molecule has 0 bridgehead atoms. The van der Waals surface area contributed by atoms with Crippen LogP contribution in [-0.4, -0.2) is 4.98 Å². The number of rotatable bonds is 2. The normalized spacial score (nSPS) is 11.6. The van der Waals surface area contributed by atoms with Crippen LogP contribution >= 0.6 is 0 Å². The fourth-order valence-electron chi connectivity index (χ4n) is 5.95. The summed E-state index contributed by atoms with van der Waals surface area (Å²) in [6.45, 7) is 4.36. The molecule has 0 amide bonds. The van der Waals surface area contributed by atoms with Gasteiger partial charge in [0.25, 0.3) is 0 Å². The van der Waals surface area contributed by atoms with Gasteiger partial charge in [-0.05, 0) is 63.7 Å². The number of aromatic nitrogens is 1. The minimum Gasteiger partial charge on any atom is -0.256 e. The van der Waals surface area contributed by atoms with E-state index in [2.05, 4.69) is 129 Å². The van der Waals surface area contributed by atoms with Crippen LogP contribution in [0.1, 0.15) is 11.1 Å². The number of hydrogen-bond acceptors (Lipinski definition) is 1. The molecule has 0 aliphatic rings. The topological polar surface area (TPSA) is 12.9 Å². The smallest absolute Gasteiger partial charge is 0.0708 e. The van der Waals surface area contributed by atoms with E-state index in [0.717, 1.165) is 5.52 Å². The Balaban J connectivity index is 1.78. The lowest BCUT2D eigenvalue weighted by molar-refractivity contribution is 1.39. The van der Waals surface area contributed by atoms with Crippen molar-refractivity contribution < 1.29 is 0 Å². The van der Waals surface area contributed by atoms with Crippen molar-refractivity contribution in [2.24, 2.45) is 0 Å². The Morgan fingerprint density at radius 2 is 1.11 bits per heavy atom. The van der Waals surface area contributed by atoms with Crippen LogP contribution < -0.4 is 0 Å². The van der Waals surface area contributed by atoms with Crippen LogP contribution in [0, 0.1) is 13.8 Å². The van der Waals surface area contributed by atoms with Gasteiger partial charge in [-0.15, -0.1) is 0 Å². The van der Waals surface area contributed by atoms with Crippen molar-refractivity contribution >= 4 is 43.2 Å². The standard InChI is InChI=1S/C35H25N/c1-22-18-23(2)20-25(19-22)33-28-13-5-6-14-29(28)34(27-16-9-11-24-10-3-4-12-26(24)27)35-30-15-7-8-17-32(30)36-21-31(33)35/h3-21H,1-2H3. The molecule has 0 radical (unpaired) electrons. The van der Waals surface area contributed by atoms with Crippen LogP contribution in [0.4, 0.5) is 0 Å². The predicted octanol–water partition coefficient (Wildman–Crippen LogP) is 9.65. The summed E-state index contributed by atoms with van der Waals surface area (Å²) in [5, 5.41) is 8.71. The minimum atomic E-state index is 1.02. The van der Waals surface area contributed by atoms with Crippen molar-refractivity contribution in [2.45, 2.75) is 13.8 Å². The summed E-state index contributed by atoms with van der Waals surface area (Å²) in [6, 6.07) is 39.6. The molecule has 6 aromatic carbocycles. The molecule has 1 aromatic heterocycles. The quantitative estimate of drug-likeness (QED) is 0.185. The summed E-state index contributed by atoms with van der Waals surface area (Å²) in [5.74, 6) is 0. The summed E-state index contributed by atoms with van der Waals surface area (Å²) in [5.41, 5.74) is 8.61. The van der Waals surface area contributed by atoms with Crippen molar-refractivity contribution in [1.29, 1.82) is 0 Å². The van der Waals surface area contributed by atoms with Gasteiger partial charge in [0.1, 0.15) is 0 Å². The van der Waals surface area contributed by atoms with E-state index in [4.69, 9.17) is 4.98 Å². The maximum atomic E-state index is 4.94. The predicted molar refractivity (Wildman–Crippen MR) is 155 cm³/mol. The molecule has 0 spiro atoms. The van der Waals surface area contributed by atoms with E-state index in [0.29, 0.717) is 0 Å². The van der Waals surface area contributed by atoms with Crippen molar-refractivity contribution in [1.82, 2.24) is 4.98 Å². The lowest BCUT2D eigenvalue weighted by Gasteiger charge is -2.20. The molecule has 170 valence electrons. The number of pyridine rings is 1. The summed E-state index contributed by atoms with van der Waals surface area (Å²) < 4.78 is 0. The maximum absolute atomic E-state index is 4.94. The van der Waals surface area contributed by atoms with Gasteiger partial charge >= 0.3 is 0 Å².